The van der Waals surface area contributed by atoms with Crippen LogP contribution in [0.5, 0.6) is 5.75 Å². The van der Waals surface area contributed by atoms with Gasteiger partial charge in [0.05, 0.1) is 7.11 Å². The van der Waals surface area contributed by atoms with Gasteiger partial charge in [0.1, 0.15) is 5.75 Å². The highest BCUT2D eigenvalue weighted by Crippen LogP contribution is 2.13. The standard InChI is InChI=1S/C18H23N3O3/c1-13-10-16(24-4)12-17(22)21(13)9-8-19-18(23)14-6-5-7-15(11-14)20(2)3/h5-7,10-12H,8-9H2,1-4H3,(H,19,23). The second kappa shape index (κ2) is 7.68. The Kier molecular flexibility index (Phi) is 5.63. The number of hydrogen-bond donors (Lipinski definition) is 1. The third-order valence-electron chi connectivity index (χ3n) is 3.79. The molecule has 0 fully saturated rings. The zero-order valence-corrected chi connectivity index (χ0v) is 14.5. The van der Waals surface area contributed by atoms with E-state index >= 15 is 0 Å². The Morgan fingerprint density at radius 3 is 2.62 bits per heavy atom. The Balaban J connectivity index is 2.01. The SMILES string of the molecule is COc1cc(C)n(CCNC(=O)c2cccc(N(C)C)c2)c(=O)c1. The average molecular weight is 329 g/mol. The smallest absolute Gasteiger partial charge is 0.254 e. The Labute approximate surface area is 141 Å². The first kappa shape index (κ1) is 17.6. The number of rotatable bonds is 6. The fraction of sp³-hybridized carbons (Fsp3) is 0.333. The summed E-state index contributed by atoms with van der Waals surface area (Å²) in [6.07, 6.45) is 0. The summed E-state index contributed by atoms with van der Waals surface area (Å²) in [6.45, 7) is 2.62. The van der Waals surface area contributed by atoms with Crippen LogP contribution in [0, 0.1) is 6.92 Å². The Morgan fingerprint density at radius 2 is 2.00 bits per heavy atom. The van der Waals surface area contributed by atoms with Crippen molar-refractivity contribution in [1.82, 2.24) is 9.88 Å². The first-order chi connectivity index (χ1) is 11.4. The maximum atomic E-state index is 12.2. The van der Waals surface area contributed by atoms with Crippen LogP contribution < -0.4 is 20.5 Å². The molecule has 0 aliphatic rings. The molecule has 0 spiro atoms. The third kappa shape index (κ3) is 4.16. The molecule has 128 valence electrons. The zero-order chi connectivity index (χ0) is 17.7. The number of benzene rings is 1. The molecule has 2 aromatic rings. The van der Waals surface area contributed by atoms with Crippen LogP contribution in [0.2, 0.25) is 0 Å². The van der Waals surface area contributed by atoms with E-state index in [0.29, 0.717) is 24.4 Å². The molecule has 1 amide bonds. The normalized spacial score (nSPS) is 10.3. The van der Waals surface area contributed by atoms with E-state index < -0.39 is 0 Å². The second-order valence-electron chi connectivity index (χ2n) is 5.73. The number of pyridine rings is 1. The summed E-state index contributed by atoms with van der Waals surface area (Å²) in [5.41, 5.74) is 2.21. The molecule has 1 heterocycles. The number of methoxy groups -OCH3 is 1. The van der Waals surface area contributed by atoms with Crippen LogP contribution in [0.3, 0.4) is 0 Å². The molecule has 0 aliphatic carbocycles. The lowest BCUT2D eigenvalue weighted by molar-refractivity contribution is 0.0952. The van der Waals surface area contributed by atoms with Crippen molar-refractivity contribution < 1.29 is 9.53 Å². The van der Waals surface area contributed by atoms with Gasteiger partial charge >= 0.3 is 0 Å². The fourth-order valence-electron chi connectivity index (χ4n) is 2.41. The van der Waals surface area contributed by atoms with Gasteiger partial charge in [-0.3, -0.25) is 9.59 Å². The molecule has 0 unspecified atom stereocenters. The average Bonchev–Trinajstić information content (AvgIpc) is 2.56. The lowest BCUT2D eigenvalue weighted by atomic mass is 10.2. The van der Waals surface area contributed by atoms with Gasteiger partial charge in [-0.25, -0.2) is 0 Å². The first-order valence-electron chi connectivity index (χ1n) is 7.73. The molecule has 6 nitrogen and oxygen atoms in total. The van der Waals surface area contributed by atoms with Gasteiger partial charge in [0.25, 0.3) is 11.5 Å². The van der Waals surface area contributed by atoms with E-state index in [1.807, 2.05) is 44.1 Å². The van der Waals surface area contributed by atoms with Crippen LogP contribution in [-0.4, -0.2) is 38.2 Å². The number of carbonyl (C=O) groups is 1. The second-order valence-corrected chi connectivity index (χ2v) is 5.73. The van der Waals surface area contributed by atoms with Gasteiger partial charge in [-0.1, -0.05) is 6.07 Å². The number of ether oxygens (including phenoxy) is 1. The molecule has 0 saturated carbocycles. The number of aryl methyl sites for hydroxylation is 1. The Morgan fingerprint density at radius 1 is 1.25 bits per heavy atom. The summed E-state index contributed by atoms with van der Waals surface area (Å²) < 4.78 is 6.68. The number of carbonyl (C=O) groups excluding carboxylic acids is 1. The highest BCUT2D eigenvalue weighted by molar-refractivity contribution is 5.95. The van der Waals surface area contributed by atoms with Gasteiger partial charge in [0.2, 0.25) is 0 Å². The largest absolute Gasteiger partial charge is 0.496 e. The van der Waals surface area contributed by atoms with E-state index in [1.54, 1.807) is 16.7 Å². The molecule has 6 heteroatoms. The van der Waals surface area contributed by atoms with Crippen LogP contribution in [0.15, 0.2) is 41.2 Å². The minimum atomic E-state index is -0.155. The fourth-order valence-corrected chi connectivity index (χ4v) is 2.41. The Hall–Kier alpha value is -2.76. The molecule has 1 aromatic carbocycles. The van der Waals surface area contributed by atoms with Crippen molar-refractivity contribution in [1.29, 1.82) is 0 Å². The van der Waals surface area contributed by atoms with Crippen molar-refractivity contribution in [3.05, 3.63) is 58.0 Å². The van der Waals surface area contributed by atoms with Crippen molar-refractivity contribution >= 4 is 11.6 Å². The predicted octanol–water partition coefficient (Wildman–Crippen LogP) is 1.66. The minimum Gasteiger partial charge on any atom is -0.496 e. The van der Waals surface area contributed by atoms with Crippen LogP contribution >= 0.6 is 0 Å². The Bertz CT molecular complexity index is 781. The molecular formula is C18H23N3O3. The van der Waals surface area contributed by atoms with Gasteiger partial charge < -0.3 is 19.5 Å². The summed E-state index contributed by atoms with van der Waals surface area (Å²) in [4.78, 5) is 26.2. The highest BCUT2D eigenvalue weighted by atomic mass is 16.5. The summed E-state index contributed by atoms with van der Waals surface area (Å²) in [6, 6.07) is 10.6. The molecular weight excluding hydrogens is 306 g/mol. The van der Waals surface area contributed by atoms with Gasteiger partial charge in [-0.15, -0.1) is 0 Å². The molecule has 0 aliphatic heterocycles. The topological polar surface area (TPSA) is 63.6 Å². The molecule has 1 aromatic heterocycles. The summed E-state index contributed by atoms with van der Waals surface area (Å²) in [5.74, 6) is 0.385. The third-order valence-corrected chi connectivity index (χ3v) is 3.79. The number of nitrogens with zero attached hydrogens (tertiary/aromatic N) is 2. The van der Waals surface area contributed by atoms with Crippen molar-refractivity contribution in [3.8, 4) is 5.75 Å². The van der Waals surface area contributed by atoms with Crippen molar-refractivity contribution in [2.24, 2.45) is 0 Å². The van der Waals surface area contributed by atoms with Gasteiger partial charge in [-0.05, 0) is 31.2 Å². The monoisotopic (exact) mass is 329 g/mol. The van der Waals surface area contributed by atoms with Crippen LogP contribution in [-0.2, 0) is 6.54 Å². The van der Waals surface area contributed by atoms with Gasteiger partial charge in [-0.2, -0.15) is 0 Å². The van der Waals surface area contributed by atoms with Crippen LogP contribution in [0.25, 0.3) is 0 Å². The molecule has 0 saturated heterocycles. The van der Waals surface area contributed by atoms with E-state index in [1.165, 1.54) is 13.2 Å². The quantitative estimate of drug-likeness (QED) is 0.875. The minimum absolute atomic E-state index is 0.143. The number of anilines is 1. The van der Waals surface area contributed by atoms with E-state index in [2.05, 4.69) is 5.32 Å². The maximum absolute atomic E-state index is 12.2. The lowest BCUT2D eigenvalue weighted by Crippen LogP contribution is -2.31. The number of hydrogen-bond acceptors (Lipinski definition) is 4. The molecule has 0 bridgehead atoms. The van der Waals surface area contributed by atoms with Crippen molar-refractivity contribution in [2.75, 3.05) is 32.6 Å². The molecule has 1 N–H and O–H groups in total. The lowest BCUT2D eigenvalue weighted by Gasteiger charge is -2.14. The predicted molar refractivity (Wildman–Crippen MR) is 95.1 cm³/mol. The van der Waals surface area contributed by atoms with Crippen molar-refractivity contribution in [2.45, 2.75) is 13.5 Å². The van der Waals surface area contributed by atoms with Crippen LogP contribution in [0.4, 0.5) is 5.69 Å². The van der Waals surface area contributed by atoms with E-state index in [9.17, 15) is 9.59 Å². The van der Waals surface area contributed by atoms with Crippen LogP contribution in [0.1, 0.15) is 16.1 Å². The number of aromatic nitrogens is 1. The summed E-state index contributed by atoms with van der Waals surface area (Å²) >= 11 is 0. The molecule has 0 atom stereocenters. The van der Waals surface area contributed by atoms with Crippen molar-refractivity contribution in [3.63, 3.8) is 0 Å². The van der Waals surface area contributed by atoms with E-state index in [0.717, 1.165) is 11.4 Å². The highest BCUT2D eigenvalue weighted by Gasteiger charge is 2.08. The summed E-state index contributed by atoms with van der Waals surface area (Å²) in [7, 11) is 5.38. The molecule has 0 radical (unpaired) electrons. The number of nitrogens with one attached hydrogen (secondary N) is 1. The van der Waals surface area contributed by atoms with E-state index in [4.69, 9.17) is 4.74 Å². The molecule has 2 rings (SSSR count). The maximum Gasteiger partial charge on any atom is 0.254 e. The number of amides is 1. The van der Waals surface area contributed by atoms with E-state index in [-0.39, 0.29) is 11.5 Å². The van der Waals surface area contributed by atoms with Gasteiger partial charge in [0, 0.05) is 50.2 Å². The first-order valence-corrected chi connectivity index (χ1v) is 7.73. The molecule has 24 heavy (non-hydrogen) atoms. The zero-order valence-electron chi connectivity index (χ0n) is 14.5. The van der Waals surface area contributed by atoms with Gasteiger partial charge in [0.15, 0.2) is 0 Å². The summed E-state index contributed by atoms with van der Waals surface area (Å²) in [5, 5.41) is 2.85.